The van der Waals surface area contributed by atoms with Gasteiger partial charge in [-0.05, 0) is 40.8 Å². The van der Waals surface area contributed by atoms with Gasteiger partial charge in [0.15, 0.2) is 0 Å². The Morgan fingerprint density at radius 1 is 0.885 bits per heavy atom. The fourth-order valence-electron chi connectivity index (χ4n) is 2.91. The Kier molecular flexibility index (Phi) is 4.42. The van der Waals surface area contributed by atoms with Crippen LogP contribution in [0.5, 0.6) is 5.75 Å². The Balaban J connectivity index is 1.96. The van der Waals surface area contributed by atoms with Crippen LogP contribution in [0, 0.1) is 0 Å². The number of hydrogen-bond donors (Lipinski definition) is 0. The van der Waals surface area contributed by atoms with Crippen molar-refractivity contribution in [3.05, 3.63) is 88.6 Å². The predicted molar refractivity (Wildman–Crippen MR) is 106 cm³/mol. The second-order valence-corrected chi connectivity index (χ2v) is 6.71. The molecule has 128 valence electrons. The number of rotatable bonds is 4. The third-order valence-corrected chi connectivity index (χ3v) is 5.06. The summed E-state index contributed by atoms with van der Waals surface area (Å²) in [5, 5.41) is 1.97. The van der Waals surface area contributed by atoms with E-state index in [-0.39, 0.29) is 5.63 Å². The molecule has 2 heterocycles. The van der Waals surface area contributed by atoms with E-state index in [0.717, 1.165) is 27.3 Å². The van der Waals surface area contributed by atoms with Gasteiger partial charge in [-0.3, -0.25) is 0 Å². The number of thiophene rings is 1. The molecule has 0 bridgehead atoms. The van der Waals surface area contributed by atoms with Crippen LogP contribution < -0.4 is 10.4 Å². The van der Waals surface area contributed by atoms with Crippen LogP contribution in [-0.4, -0.2) is 7.11 Å². The summed E-state index contributed by atoms with van der Waals surface area (Å²) in [7, 11) is 1.62. The monoisotopic (exact) mass is 360 g/mol. The largest absolute Gasteiger partial charge is 0.497 e. The van der Waals surface area contributed by atoms with E-state index in [1.165, 1.54) is 0 Å². The molecule has 0 N–H and O–H groups in total. The second-order valence-electron chi connectivity index (χ2n) is 5.76. The lowest BCUT2D eigenvalue weighted by Crippen LogP contribution is -2.06. The Morgan fingerprint density at radius 2 is 1.65 bits per heavy atom. The molecule has 2 aromatic heterocycles. The smallest absolute Gasteiger partial charge is 0.344 e. The molecule has 0 radical (unpaired) electrons. The first-order valence-corrected chi connectivity index (χ1v) is 9.06. The van der Waals surface area contributed by atoms with E-state index in [4.69, 9.17) is 9.15 Å². The minimum atomic E-state index is -0.347. The lowest BCUT2D eigenvalue weighted by molar-refractivity contribution is 0.415. The van der Waals surface area contributed by atoms with Gasteiger partial charge in [0.05, 0.1) is 17.6 Å². The third-order valence-electron chi connectivity index (χ3n) is 4.18. The van der Waals surface area contributed by atoms with Gasteiger partial charge in [0.1, 0.15) is 11.5 Å². The summed E-state index contributed by atoms with van der Waals surface area (Å²) >= 11 is 1.55. The van der Waals surface area contributed by atoms with Crippen molar-refractivity contribution in [1.82, 2.24) is 0 Å². The Labute approximate surface area is 155 Å². The number of ether oxygens (including phenoxy) is 1. The minimum Gasteiger partial charge on any atom is -0.497 e. The van der Waals surface area contributed by atoms with Gasteiger partial charge in [-0.15, -0.1) is 11.3 Å². The van der Waals surface area contributed by atoms with Crippen LogP contribution in [0.2, 0.25) is 0 Å². The lowest BCUT2D eigenvalue weighted by Gasteiger charge is -2.11. The highest BCUT2D eigenvalue weighted by molar-refractivity contribution is 7.13. The first-order chi connectivity index (χ1) is 12.8. The summed E-state index contributed by atoms with van der Waals surface area (Å²) in [5.41, 5.74) is 2.84. The van der Waals surface area contributed by atoms with Crippen LogP contribution >= 0.6 is 11.3 Å². The van der Waals surface area contributed by atoms with E-state index in [1.807, 2.05) is 78.2 Å². The van der Waals surface area contributed by atoms with E-state index in [9.17, 15) is 4.79 Å². The van der Waals surface area contributed by atoms with Crippen molar-refractivity contribution in [2.24, 2.45) is 0 Å². The Bertz CT molecular complexity index is 1060. The first kappa shape index (κ1) is 16.4. The third kappa shape index (κ3) is 3.07. The molecule has 2 aromatic carbocycles. The lowest BCUT2D eigenvalue weighted by atomic mass is 9.96. The Morgan fingerprint density at radius 3 is 2.31 bits per heavy atom. The zero-order valence-electron chi connectivity index (χ0n) is 14.1. The van der Waals surface area contributed by atoms with Gasteiger partial charge >= 0.3 is 5.63 Å². The van der Waals surface area contributed by atoms with E-state index in [0.29, 0.717) is 11.3 Å². The molecule has 0 aliphatic carbocycles. The van der Waals surface area contributed by atoms with Gasteiger partial charge in [0.2, 0.25) is 0 Å². The maximum absolute atomic E-state index is 12.9. The van der Waals surface area contributed by atoms with Crippen LogP contribution in [0.1, 0.15) is 0 Å². The van der Waals surface area contributed by atoms with E-state index < -0.39 is 0 Å². The van der Waals surface area contributed by atoms with E-state index in [1.54, 1.807) is 18.4 Å². The standard InChI is InChI=1S/C22H16O3S/c1-24-17-11-9-16(10-12-17)21-18(15-6-3-2-4-7-15)14-19(25-22(21)23)20-8-5-13-26-20/h2-14H,1H3. The minimum absolute atomic E-state index is 0.347. The zero-order chi connectivity index (χ0) is 17.9. The highest BCUT2D eigenvalue weighted by Crippen LogP contribution is 2.34. The average molecular weight is 360 g/mol. The summed E-state index contributed by atoms with van der Waals surface area (Å²) in [6.07, 6.45) is 0. The molecule has 3 nitrogen and oxygen atoms in total. The molecule has 0 amide bonds. The zero-order valence-corrected chi connectivity index (χ0v) is 15.0. The van der Waals surface area contributed by atoms with Gasteiger partial charge in [-0.2, -0.15) is 0 Å². The predicted octanol–water partition coefficient (Wildman–Crippen LogP) is 5.71. The molecule has 0 aliphatic heterocycles. The molecule has 0 aliphatic rings. The van der Waals surface area contributed by atoms with E-state index in [2.05, 4.69) is 0 Å². The summed E-state index contributed by atoms with van der Waals surface area (Å²) in [4.78, 5) is 13.8. The van der Waals surface area contributed by atoms with Crippen LogP contribution in [0.3, 0.4) is 0 Å². The molecular weight excluding hydrogens is 344 g/mol. The number of hydrogen-bond acceptors (Lipinski definition) is 4. The normalized spacial score (nSPS) is 10.7. The fraction of sp³-hybridized carbons (Fsp3) is 0.0455. The van der Waals surface area contributed by atoms with Gasteiger partial charge in [0, 0.05) is 5.56 Å². The number of methoxy groups -OCH3 is 1. The molecular formula is C22H16O3S. The molecule has 0 spiro atoms. The van der Waals surface area contributed by atoms with Crippen LogP contribution in [0.25, 0.3) is 32.9 Å². The maximum atomic E-state index is 12.9. The van der Waals surface area contributed by atoms with Crippen molar-refractivity contribution in [3.63, 3.8) is 0 Å². The molecule has 0 saturated carbocycles. The molecule has 4 rings (SSSR count). The fourth-order valence-corrected chi connectivity index (χ4v) is 3.59. The average Bonchev–Trinajstić information content (AvgIpc) is 3.23. The summed E-state index contributed by atoms with van der Waals surface area (Å²) in [6.45, 7) is 0. The van der Waals surface area contributed by atoms with E-state index >= 15 is 0 Å². The van der Waals surface area contributed by atoms with Crippen molar-refractivity contribution >= 4 is 11.3 Å². The van der Waals surface area contributed by atoms with Crippen molar-refractivity contribution in [3.8, 4) is 38.6 Å². The van der Waals surface area contributed by atoms with Crippen LogP contribution in [0.15, 0.2) is 87.4 Å². The molecule has 0 fully saturated rings. The first-order valence-electron chi connectivity index (χ1n) is 8.18. The molecule has 4 aromatic rings. The quantitative estimate of drug-likeness (QED) is 0.468. The number of benzene rings is 2. The topological polar surface area (TPSA) is 39.4 Å². The second kappa shape index (κ2) is 7.02. The van der Waals surface area contributed by atoms with Gasteiger partial charge in [0.25, 0.3) is 0 Å². The van der Waals surface area contributed by atoms with Crippen molar-refractivity contribution in [2.45, 2.75) is 0 Å². The van der Waals surface area contributed by atoms with Crippen LogP contribution in [-0.2, 0) is 0 Å². The van der Waals surface area contributed by atoms with Gasteiger partial charge in [-0.25, -0.2) is 4.79 Å². The Hall–Kier alpha value is -3.11. The summed E-state index contributed by atoms with van der Waals surface area (Å²) in [5.74, 6) is 1.33. The molecule has 0 unspecified atom stereocenters. The van der Waals surface area contributed by atoms with Gasteiger partial charge in [-0.1, -0.05) is 48.5 Å². The van der Waals surface area contributed by atoms with Crippen molar-refractivity contribution < 1.29 is 9.15 Å². The van der Waals surface area contributed by atoms with Crippen LogP contribution in [0.4, 0.5) is 0 Å². The maximum Gasteiger partial charge on any atom is 0.344 e. The molecule has 4 heteroatoms. The highest BCUT2D eigenvalue weighted by Gasteiger charge is 2.17. The molecule has 0 atom stereocenters. The SMILES string of the molecule is COc1ccc(-c2c(-c3ccccc3)cc(-c3cccs3)oc2=O)cc1. The summed E-state index contributed by atoms with van der Waals surface area (Å²) in [6, 6.07) is 23.2. The summed E-state index contributed by atoms with van der Waals surface area (Å²) < 4.78 is 10.9. The molecule has 0 saturated heterocycles. The van der Waals surface area contributed by atoms with Gasteiger partial charge < -0.3 is 9.15 Å². The van der Waals surface area contributed by atoms with Crippen molar-refractivity contribution in [1.29, 1.82) is 0 Å². The highest BCUT2D eigenvalue weighted by atomic mass is 32.1. The van der Waals surface area contributed by atoms with Crippen molar-refractivity contribution in [2.75, 3.05) is 7.11 Å². The molecule has 26 heavy (non-hydrogen) atoms.